The second-order valence-corrected chi connectivity index (χ2v) is 7.10. The quantitative estimate of drug-likeness (QED) is 0.725. The van der Waals surface area contributed by atoms with Crippen LogP contribution in [-0.4, -0.2) is 20.1 Å². The number of carbonyl (C=O) groups is 1. The van der Waals surface area contributed by atoms with Crippen molar-refractivity contribution in [3.8, 4) is 0 Å². The molecule has 2 heterocycles. The van der Waals surface area contributed by atoms with Crippen molar-refractivity contribution < 1.29 is 18.0 Å². The van der Waals surface area contributed by atoms with Gasteiger partial charge in [0, 0.05) is 36.6 Å². The molecule has 0 spiro atoms. The highest BCUT2D eigenvalue weighted by Crippen LogP contribution is 2.30. The summed E-state index contributed by atoms with van der Waals surface area (Å²) in [5, 5.41) is 6.92. The van der Waals surface area contributed by atoms with Crippen LogP contribution >= 0.6 is 0 Å². The number of anilines is 1. The van der Waals surface area contributed by atoms with Crippen LogP contribution in [0.15, 0.2) is 41.5 Å². The van der Waals surface area contributed by atoms with E-state index in [2.05, 4.69) is 10.4 Å². The number of hydrogen-bond donors (Lipinski definition) is 1. The van der Waals surface area contributed by atoms with Crippen molar-refractivity contribution in [1.82, 2.24) is 14.2 Å². The van der Waals surface area contributed by atoms with Gasteiger partial charge in [0.1, 0.15) is 5.52 Å². The standard InChI is InChI=1S/C20H19F3N4O2/c21-20(22,23)13-4-3-5-14(12-13)24-17(28)8-9-26-10-11-27-18(19(26)29)15-6-1-2-7-16(15)25-27/h3-5,10-12H,1-2,6-9H2,(H,24,28). The smallest absolute Gasteiger partial charge is 0.326 e. The summed E-state index contributed by atoms with van der Waals surface area (Å²) < 4.78 is 41.4. The Morgan fingerprint density at radius 1 is 1.17 bits per heavy atom. The van der Waals surface area contributed by atoms with Gasteiger partial charge in [-0.05, 0) is 43.9 Å². The largest absolute Gasteiger partial charge is 0.416 e. The molecule has 1 N–H and O–H groups in total. The summed E-state index contributed by atoms with van der Waals surface area (Å²) in [5.41, 5.74) is 1.49. The molecule has 152 valence electrons. The molecule has 29 heavy (non-hydrogen) atoms. The third-order valence-corrected chi connectivity index (χ3v) is 5.09. The van der Waals surface area contributed by atoms with Crippen LogP contribution in [0.1, 0.15) is 36.1 Å². The monoisotopic (exact) mass is 404 g/mol. The number of nitrogens with one attached hydrogen (secondary N) is 1. The molecule has 1 aliphatic carbocycles. The first kappa shape index (κ1) is 19.2. The van der Waals surface area contributed by atoms with Crippen LogP contribution in [-0.2, 0) is 30.4 Å². The van der Waals surface area contributed by atoms with Crippen molar-refractivity contribution in [2.75, 3.05) is 5.32 Å². The maximum Gasteiger partial charge on any atom is 0.416 e. The zero-order chi connectivity index (χ0) is 20.6. The lowest BCUT2D eigenvalue weighted by molar-refractivity contribution is -0.137. The molecule has 0 aliphatic heterocycles. The number of amides is 1. The first-order chi connectivity index (χ1) is 13.8. The highest BCUT2D eigenvalue weighted by atomic mass is 19.4. The molecule has 0 saturated heterocycles. The SMILES string of the molecule is O=C(CCn1ccn2nc3c(c2c1=O)CCCC3)Nc1cccc(C(F)(F)F)c1. The number of hydrogen-bond acceptors (Lipinski definition) is 3. The van der Waals surface area contributed by atoms with Gasteiger partial charge in [0.15, 0.2) is 0 Å². The summed E-state index contributed by atoms with van der Waals surface area (Å²) in [5.74, 6) is -0.466. The predicted octanol–water partition coefficient (Wildman–Crippen LogP) is 3.42. The molecular weight excluding hydrogens is 385 g/mol. The lowest BCUT2D eigenvalue weighted by atomic mass is 9.97. The van der Waals surface area contributed by atoms with Crippen LogP contribution in [0.2, 0.25) is 0 Å². The van der Waals surface area contributed by atoms with Crippen LogP contribution in [0.3, 0.4) is 0 Å². The molecule has 0 fully saturated rings. The third-order valence-electron chi connectivity index (χ3n) is 5.09. The number of benzene rings is 1. The minimum Gasteiger partial charge on any atom is -0.326 e. The predicted molar refractivity (Wildman–Crippen MR) is 101 cm³/mol. The summed E-state index contributed by atoms with van der Waals surface area (Å²) in [6, 6.07) is 4.45. The minimum atomic E-state index is -4.48. The van der Waals surface area contributed by atoms with Gasteiger partial charge < -0.3 is 9.88 Å². The molecule has 0 radical (unpaired) electrons. The van der Waals surface area contributed by atoms with E-state index < -0.39 is 17.6 Å². The van der Waals surface area contributed by atoms with Gasteiger partial charge in [0.05, 0.1) is 11.3 Å². The first-order valence-corrected chi connectivity index (χ1v) is 9.39. The summed E-state index contributed by atoms with van der Waals surface area (Å²) in [7, 11) is 0. The number of aryl methyl sites for hydroxylation is 3. The maximum absolute atomic E-state index is 12.8. The summed E-state index contributed by atoms with van der Waals surface area (Å²) >= 11 is 0. The van der Waals surface area contributed by atoms with Gasteiger partial charge in [-0.15, -0.1) is 0 Å². The molecule has 0 saturated carbocycles. The molecule has 0 unspecified atom stereocenters. The van der Waals surface area contributed by atoms with E-state index in [-0.39, 0.29) is 24.2 Å². The van der Waals surface area contributed by atoms with E-state index in [1.54, 1.807) is 16.9 Å². The topological polar surface area (TPSA) is 68.4 Å². The van der Waals surface area contributed by atoms with Gasteiger partial charge in [-0.3, -0.25) is 9.59 Å². The van der Waals surface area contributed by atoms with Crippen molar-refractivity contribution in [2.45, 2.75) is 44.8 Å². The van der Waals surface area contributed by atoms with Gasteiger partial charge in [0.25, 0.3) is 5.56 Å². The molecule has 1 aromatic carbocycles. The molecule has 3 aromatic rings. The Kier molecular flexibility index (Phi) is 4.89. The second-order valence-electron chi connectivity index (χ2n) is 7.10. The van der Waals surface area contributed by atoms with Gasteiger partial charge in [-0.25, -0.2) is 4.52 Å². The lowest BCUT2D eigenvalue weighted by Crippen LogP contribution is -2.25. The van der Waals surface area contributed by atoms with Crippen LogP contribution in [0.5, 0.6) is 0 Å². The van der Waals surface area contributed by atoms with Crippen LogP contribution in [0, 0.1) is 0 Å². The Hall–Kier alpha value is -3.10. The zero-order valence-electron chi connectivity index (χ0n) is 15.5. The Balaban J connectivity index is 1.48. The highest BCUT2D eigenvalue weighted by molar-refractivity contribution is 5.90. The van der Waals surface area contributed by atoms with Crippen LogP contribution in [0.4, 0.5) is 18.9 Å². The van der Waals surface area contributed by atoms with E-state index in [1.165, 1.54) is 16.7 Å². The van der Waals surface area contributed by atoms with Crippen molar-refractivity contribution >= 4 is 17.1 Å². The summed E-state index contributed by atoms with van der Waals surface area (Å²) in [6.07, 6.45) is 2.49. The van der Waals surface area contributed by atoms with Gasteiger partial charge in [-0.1, -0.05) is 6.07 Å². The number of carbonyl (C=O) groups excluding carboxylic acids is 1. The fourth-order valence-corrected chi connectivity index (χ4v) is 3.65. The van der Waals surface area contributed by atoms with Crippen molar-refractivity contribution in [3.05, 3.63) is 63.8 Å². The fourth-order valence-electron chi connectivity index (χ4n) is 3.65. The zero-order valence-corrected chi connectivity index (χ0v) is 15.5. The maximum atomic E-state index is 12.8. The molecule has 6 nitrogen and oxygen atoms in total. The Bertz CT molecular complexity index is 1130. The van der Waals surface area contributed by atoms with Gasteiger partial charge >= 0.3 is 6.18 Å². The first-order valence-electron chi connectivity index (χ1n) is 9.39. The number of halogens is 3. The molecular formula is C20H19F3N4O2. The lowest BCUT2D eigenvalue weighted by Gasteiger charge is -2.11. The number of fused-ring (bicyclic) bond motifs is 3. The van der Waals surface area contributed by atoms with Crippen molar-refractivity contribution in [2.24, 2.45) is 0 Å². The van der Waals surface area contributed by atoms with Crippen LogP contribution < -0.4 is 10.9 Å². The molecule has 1 amide bonds. The highest BCUT2D eigenvalue weighted by Gasteiger charge is 2.30. The minimum absolute atomic E-state index is 0.0390. The molecule has 4 rings (SSSR count). The average Bonchev–Trinajstić information content (AvgIpc) is 3.06. The second kappa shape index (κ2) is 7.38. The van der Waals surface area contributed by atoms with E-state index in [4.69, 9.17) is 0 Å². The third kappa shape index (κ3) is 3.90. The normalized spacial score (nSPS) is 14.0. The van der Waals surface area contributed by atoms with Crippen molar-refractivity contribution in [1.29, 1.82) is 0 Å². The molecule has 2 aromatic heterocycles. The fraction of sp³-hybridized carbons (Fsp3) is 0.350. The van der Waals surface area contributed by atoms with E-state index in [0.717, 1.165) is 49.1 Å². The Morgan fingerprint density at radius 2 is 1.97 bits per heavy atom. The number of aromatic nitrogens is 3. The number of nitrogens with zero attached hydrogens (tertiary/aromatic N) is 3. The van der Waals surface area contributed by atoms with Gasteiger partial charge in [0.2, 0.25) is 5.91 Å². The average molecular weight is 404 g/mol. The van der Waals surface area contributed by atoms with Gasteiger partial charge in [-0.2, -0.15) is 18.3 Å². The summed E-state index contributed by atoms with van der Waals surface area (Å²) in [4.78, 5) is 25.0. The molecule has 9 heteroatoms. The van der Waals surface area contributed by atoms with Crippen molar-refractivity contribution in [3.63, 3.8) is 0 Å². The van der Waals surface area contributed by atoms with E-state index in [0.29, 0.717) is 5.52 Å². The van der Waals surface area contributed by atoms with Crippen LogP contribution in [0.25, 0.3) is 5.52 Å². The Morgan fingerprint density at radius 3 is 2.76 bits per heavy atom. The summed E-state index contributed by atoms with van der Waals surface area (Å²) in [6.45, 7) is 0.125. The van der Waals surface area contributed by atoms with E-state index >= 15 is 0 Å². The number of rotatable bonds is 4. The number of alkyl halides is 3. The molecule has 0 atom stereocenters. The van der Waals surface area contributed by atoms with E-state index in [9.17, 15) is 22.8 Å². The molecule has 1 aliphatic rings. The Labute approximate surface area is 164 Å². The molecule has 0 bridgehead atoms. The van der Waals surface area contributed by atoms with E-state index in [1.807, 2.05) is 0 Å².